The van der Waals surface area contributed by atoms with Crippen LogP contribution < -0.4 is 10.9 Å². The van der Waals surface area contributed by atoms with Crippen molar-refractivity contribution in [3.05, 3.63) is 59.7 Å². The molecule has 0 fully saturated rings. The number of rotatable bonds is 1. The van der Waals surface area contributed by atoms with E-state index in [-0.39, 0.29) is 22.0 Å². The number of nitrogens with one attached hydrogen (secondary N) is 2. The fraction of sp³-hybridized carbons (Fsp3) is 0. The van der Waals surface area contributed by atoms with Crippen LogP contribution in [0.3, 0.4) is 0 Å². The average molecular weight is 317 g/mol. The number of hydrogen-bond acceptors (Lipinski definition) is 5. The maximum absolute atomic E-state index is 11.9. The zero-order valence-electron chi connectivity index (χ0n) is 11.1. The van der Waals surface area contributed by atoms with E-state index in [0.717, 1.165) is 0 Å². The smallest absolute Gasteiger partial charge is 0.285 e. The Morgan fingerprint density at radius 2 is 1.86 bits per heavy atom. The van der Waals surface area contributed by atoms with Crippen molar-refractivity contribution in [2.75, 3.05) is 0 Å². The molecule has 1 aliphatic rings. The van der Waals surface area contributed by atoms with Crippen LogP contribution in [-0.2, 0) is 10.0 Å². The summed E-state index contributed by atoms with van der Waals surface area (Å²) < 4.78 is 27.3. The monoisotopic (exact) mass is 317 g/mol. The molecule has 0 saturated carbocycles. The van der Waals surface area contributed by atoms with Crippen LogP contribution in [0.5, 0.6) is 5.75 Å². The van der Waals surface area contributed by atoms with E-state index in [0.29, 0.717) is 5.56 Å². The van der Waals surface area contributed by atoms with Gasteiger partial charge in [0, 0.05) is 11.1 Å². The van der Waals surface area contributed by atoms with Gasteiger partial charge in [-0.05, 0) is 30.3 Å². The number of carbonyl (C=O) groups is 1. The molecule has 7 nitrogen and oxygen atoms in total. The summed E-state index contributed by atoms with van der Waals surface area (Å²) in [5, 5.41) is 9.34. The second-order valence-corrected chi connectivity index (χ2v) is 6.11. The lowest BCUT2D eigenvalue weighted by atomic mass is 10.2. The van der Waals surface area contributed by atoms with Gasteiger partial charge in [0.05, 0.1) is 0 Å². The van der Waals surface area contributed by atoms with E-state index in [1.807, 2.05) is 0 Å². The molecule has 2 aromatic carbocycles. The molecule has 22 heavy (non-hydrogen) atoms. The Balaban J connectivity index is 1.79. The Bertz CT molecular complexity index is 890. The van der Waals surface area contributed by atoms with Gasteiger partial charge in [-0.1, -0.05) is 18.2 Å². The van der Waals surface area contributed by atoms with Crippen LogP contribution in [0.15, 0.2) is 57.8 Å². The molecule has 0 spiro atoms. The van der Waals surface area contributed by atoms with Crippen molar-refractivity contribution in [2.45, 2.75) is 4.90 Å². The summed E-state index contributed by atoms with van der Waals surface area (Å²) in [5.41, 5.74) is 5.46. The van der Waals surface area contributed by atoms with Gasteiger partial charge in [-0.3, -0.25) is 15.6 Å². The minimum Gasteiger partial charge on any atom is -0.508 e. The molecule has 2 aromatic rings. The molecular weight excluding hydrogens is 306 g/mol. The molecule has 0 aromatic heterocycles. The number of benzene rings is 2. The number of aromatic hydroxyl groups is 1. The predicted octanol–water partition coefficient (Wildman–Crippen LogP) is 0.776. The SMILES string of the molecule is O=C(NNC1=NS(=O)(=O)c2ccccc21)c1cccc(O)c1. The number of amidine groups is 1. The summed E-state index contributed by atoms with van der Waals surface area (Å²) in [5.74, 6) is -0.525. The van der Waals surface area contributed by atoms with Crippen LogP contribution >= 0.6 is 0 Å². The molecule has 1 amide bonds. The Morgan fingerprint density at radius 3 is 2.64 bits per heavy atom. The minimum absolute atomic E-state index is 0.0428. The highest BCUT2D eigenvalue weighted by atomic mass is 32.2. The van der Waals surface area contributed by atoms with Gasteiger partial charge in [0.25, 0.3) is 15.9 Å². The van der Waals surface area contributed by atoms with E-state index >= 15 is 0 Å². The Hall–Kier alpha value is -2.87. The van der Waals surface area contributed by atoms with Gasteiger partial charge in [0.2, 0.25) is 0 Å². The van der Waals surface area contributed by atoms with Gasteiger partial charge >= 0.3 is 0 Å². The van der Waals surface area contributed by atoms with Crippen LogP contribution in [0.4, 0.5) is 0 Å². The number of hydrazine groups is 1. The first-order valence-electron chi connectivity index (χ1n) is 6.27. The molecule has 3 rings (SSSR count). The first-order valence-corrected chi connectivity index (χ1v) is 7.71. The van der Waals surface area contributed by atoms with Crippen molar-refractivity contribution in [2.24, 2.45) is 4.40 Å². The summed E-state index contributed by atoms with van der Waals surface area (Å²) >= 11 is 0. The molecule has 3 N–H and O–H groups in total. The number of phenolic OH excluding ortho intramolecular Hbond substituents is 1. The maximum atomic E-state index is 11.9. The number of phenols is 1. The maximum Gasteiger partial charge on any atom is 0.285 e. The van der Waals surface area contributed by atoms with Crippen molar-refractivity contribution in [1.82, 2.24) is 10.9 Å². The van der Waals surface area contributed by atoms with Crippen molar-refractivity contribution in [3.8, 4) is 5.75 Å². The highest BCUT2D eigenvalue weighted by molar-refractivity contribution is 7.90. The quantitative estimate of drug-likeness (QED) is 0.674. The summed E-state index contributed by atoms with van der Waals surface area (Å²) in [7, 11) is -3.74. The third-order valence-electron chi connectivity index (χ3n) is 3.03. The molecule has 0 bridgehead atoms. The van der Waals surface area contributed by atoms with Crippen LogP contribution in [0.25, 0.3) is 0 Å². The molecule has 1 heterocycles. The highest BCUT2D eigenvalue weighted by Crippen LogP contribution is 2.24. The van der Waals surface area contributed by atoms with Gasteiger partial charge in [-0.15, -0.1) is 4.40 Å². The number of carbonyl (C=O) groups excluding carboxylic acids is 1. The van der Waals surface area contributed by atoms with E-state index in [9.17, 15) is 18.3 Å². The standard InChI is InChI=1S/C14H11N3O4S/c18-10-5-3-4-9(8-10)14(19)16-15-13-11-6-1-2-7-12(11)22(20,21)17-13/h1-8,18H,(H,15,17)(H,16,19). The Kier molecular flexibility index (Phi) is 3.30. The topological polar surface area (TPSA) is 108 Å². The number of amides is 1. The summed E-state index contributed by atoms with van der Waals surface area (Å²) in [6.07, 6.45) is 0. The second-order valence-electron chi connectivity index (χ2n) is 4.54. The van der Waals surface area contributed by atoms with E-state index < -0.39 is 15.9 Å². The molecular formula is C14H11N3O4S. The summed E-state index contributed by atoms with van der Waals surface area (Å²) in [6.45, 7) is 0. The number of sulfonamides is 1. The summed E-state index contributed by atoms with van der Waals surface area (Å²) in [6, 6.07) is 12.1. The molecule has 0 unspecified atom stereocenters. The highest BCUT2D eigenvalue weighted by Gasteiger charge is 2.28. The molecule has 0 radical (unpaired) electrons. The van der Waals surface area contributed by atoms with Gasteiger partial charge in [-0.25, -0.2) is 0 Å². The van der Waals surface area contributed by atoms with E-state index in [1.54, 1.807) is 18.2 Å². The van der Waals surface area contributed by atoms with E-state index in [4.69, 9.17) is 0 Å². The zero-order chi connectivity index (χ0) is 15.7. The Labute approximate surface area is 126 Å². The second kappa shape index (κ2) is 5.15. The molecule has 0 saturated heterocycles. The Morgan fingerprint density at radius 1 is 1.09 bits per heavy atom. The molecule has 0 aliphatic carbocycles. The average Bonchev–Trinajstić information content (AvgIpc) is 2.76. The van der Waals surface area contributed by atoms with Crippen molar-refractivity contribution < 1.29 is 18.3 Å². The van der Waals surface area contributed by atoms with Crippen molar-refractivity contribution in [1.29, 1.82) is 0 Å². The molecule has 8 heteroatoms. The van der Waals surface area contributed by atoms with Crippen LogP contribution in [0.2, 0.25) is 0 Å². The minimum atomic E-state index is -3.74. The van der Waals surface area contributed by atoms with Crippen LogP contribution in [0, 0.1) is 0 Å². The predicted molar refractivity (Wildman–Crippen MR) is 78.9 cm³/mol. The lowest BCUT2D eigenvalue weighted by Gasteiger charge is -2.08. The summed E-state index contributed by atoms with van der Waals surface area (Å²) in [4.78, 5) is 12.0. The fourth-order valence-corrected chi connectivity index (χ4v) is 3.21. The third kappa shape index (κ3) is 2.51. The molecule has 112 valence electrons. The first kappa shape index (κ1) is 14.1. The molecule has 1 aliphatic heterocycles. The molecule has 0 atom stereocenters. The van der Waals surface area contributed by atoms with E-state index in [1.165, 1.54) is 30.3 Å². The largest absolute Gasteiger partial charge is 0.508 e. The number of nitrogens with zero attached hydrogens (tertiary/aromatic N) is 1. The van der Waals surface area contributed by atoms with Crippen LogP contribution in [-0.4, -0.2) is 25.3 Å². The number of hydrogen-bond donors (Lipinski definition) is 3. The first-order chi connectivity index (χ1) is 10.5. The lowest BCUT2D eigenvalue weighted by Crippen LogP contribution is -2.41. The van der Waals surface area contributed by atoms with Gasteiger partial charge < -0.3 is 5.11 Å². The normalized spacial score (nSPS) is 14.8. The van der Waals surface area contributed by atoms with Crippen LogP contribution in [0.1, 0.15) is 15.9 Å². The van der Waals surface area contributed by atoms with Gasteiger partial charge in [0.15, 0.2) is 5.84 Å². The van der Waals surface area contributed by atoms with Crippen molar-refractivity contribution >= 4 is 21.8 Å². The fourth-order valence-electron chi connectivity index (χ4n) is 2.03. The van der Waals surface area contributed by atoms with Gasteiger partial charge in [-0.2, -0.15) is 8.42 Å². The van der Waals surface area contributed by atoms with Gasteiger partial charge in [0.1, 0.15) is 10.6 Å². The van der Waals surface area contributed by atoms with Crippen molar-refractivity contribution in [3.63, 3.8) is 0 Å². The van der Waals surface area contributed by atoms with E-state index in [2.05, 4.69) is 15.2 Å². The lowest BCUT2D eigenvalue weighted by molar-refractivity contribution is 0.0943. The third-order valence-corrected chi connectivity index (χ3v) is 4.37. The number of fused-ring (bicyclic) bond motifs is 1. The zero-order valence-corrected chi connectivity index (χ0v) is 12.0.